The van der Waals surface area contributed by atoms with E-state index < -0.39 is 25.0 Å². The summed E-state index contributed by atoms with van der Waals surface area (Å²) in [6, 6.07) is 18.6. The van der Waals surface area contributed by atoms with Crippen molar-refractivity contribution in [1.29, 1.82) is 0 Å². The van der Waals surface area contributed by atoms with Gasteiger partial charge in [0.15, 0.2) is 0 Å². The molecule has 0 saturated heterocycles. The molecule has 1 heterocycles. The van der Waals surface area contributed by atoms with Gasteiger partial charge >= 0.3 is 138 Å². The van der Waals surface area contributed by atoms with Crippen molar-refractivity contribution < 1.29 is 37.2 Å². The molecule has 0 unspecified atom stereocenters. The van der Waals surface area contributed by atoms with Crippen molar-refractivity contribution in [1.82, 2.24) is 0 Å². The van der Waals surface area contributed by atoms with Gasteiger partial charge in [0.25, 0.3) is 0 Å². The van der Waals surface area contributed by atoms with Crippen LogP contribution in [0.2, 0.25) is 3.93 Å². The Morgan fingerprint density at radius 2 is 1.86 bits per heavy atom. The van der Waals surface area contributed by atoms with Crippen molar-refractivity contribution in [3.05, 3.63) is 65.7 Å². The Morgan fingerprint density at radius 3 is 2.62 bits per heavy atom. The monoisotopic (exact) mass is 470 g/mol. The molecule has 3 rings (SSSR count). The average Bonchev–Trinajstić information content (AvgIpc) is 2.86. The fraction of sp³-hybridized carbons (Fsp3) is 0.235. The topological polar surface area (TPSA) is 35.5 Å². The number of hydrogen-bond acceptors (Lipinski definition) is 3. The number of para-hydroxylation sites is 1. The van der Waals surface area contributed by atoms with E-state index in [1.165, 1.54) is 18.1 Å². The molecular weight excluding hydrogens is 453 g/mol. The summed E-state index contributed by atoms with van der Waals surface area (Å²) in [4.78, 5) is 11.0. The zero-order chi connectivity index (χ0) is 14.7. The third-order valence-corrected chi connectivity index (χ3v) is 9.27. The molecule has 0 N–H and O–H groups in total. The Morgan fingerprint density at radius 1 is 1.14 bits per heavy atom. The summed E-state index contributed by atoms with van der Waals surface area (Å²) in [6.45, 7) is 1.49. The maximum absolute atomic E-state index is 11.0. The fourth-order valence-corrected chi connectivity index (χ4v) is 7.11. The average molecular weight is 469 g/mol. The Bertz CT molecular complexity index is 627. The van der Waals surface area contributed by atoms with Crippen molar-refractivity contribution in [3.8, 4) is 5.75 Å². The molecule has 21 heavy (non-hydrogen) atoms. The molecule has 0 bridgehead atoms. The van der Waals surface area contributed by atoms with Crippen LogP contribution in [0.1, 0.15) is 24.0 Å². The van der Waals surface area contributed by atoms with Crippen molar-refractivity contribution in [2.45, 2.75) is 22.9 Å². The first-order valence-electron chi connectivity index (χ1n) is 7.19. The van der Waals surface area contributed by atoms with Crippen LogP contribution < -0.4 is 4.74 Å². The molecule has 0 radical (unpaired) electrons. The summed E-state index contributed by atoms with van der Waals surface area (Å²) in [7, 11) is 0. The summed E-state index contributed by atoms with van der Waals surface area (Å²) in [6.07, 6.45) is 0.103. The molecule has 1 aliphatic rings. The van der Waals surface area contributed by atoms with Gasteiger partial charge in [0.2, 0.25) is 0 Å². The summed E-state index contributed by atoms with van der Waals surface area (Å²) in [5, 5.41) is 0. The van der Waals surface area contributed by atoms with E-state index in [0.717, 1.165) is 9.68 Å². The van der Waals surface area contributed by atoms with E-state index in [4.69, 9.17) is 7.38 Å². The number of benzene rings is 2. The van der Waals surface area contributed by atoms with Gasteiger partial charge in [-0.3, -0.25) is 0 Å². The van der Waals surface area contributed by atoms with Crippen LogP contribution in [0.25, 0.3) is 0 Å². The third kappa shape index (κ3) is 3.29. The Kier molecular flexibility index (Phi) is 4.59. The number of carbonyl (C=O) groups is 1. The number of ether oxygens (including phenoxy) is 1. The second-order valence-electron chi connectivity index (χ2n) is 5.21. The van der Waals surface area contributed by atoms with E-state index in [-0.39, 0.29) is 18.0 Å². The molecule has 104 valence electrons. The molecular formula is C17H16HgO3. The minimum absolute atomic E-state index is 0.103. The molecule has 0 amide bonds. The van der Waals surface area contributed by atoms with Crippen LogP contribution in [-0.2, 0) is 32.5 Å². The van der Waals surface area contributed by atoms with Crippen molar-refractivity contribution in [2.75, 3.05) is 0 Å². The van der Waals surface area contributed by atoms with Gasteiger partial charge in [-0.05, 0) is 0 Å². The number of rotatable bonds is 4. The van der Waals surface area contributed by atoms with Crippen LogP contribution in [0.4, 0.5) is 0 Å². The SMILES string of the molecule is CC(=O)[O][Hg][CH2][C@@H]1Oc2ccccc2[C@H]1c1ccccc1. The molecule has 4 heteroatoms. The number of hydrogen-bond donors (Lipinski definition) is 0. The summed E-state index contributed by atoms with van der Waals surface area (Å²) < 4.78 is 12.3. The standard InChI is InChI=1S/C15H13O.C2H4O2.Hg/c1-11-15(12-7-3-2-4-8-12)13-9-5-6-10-14(13)16-11;1-2(3)4;/h2-11,15H,1H2;1H3,(H,3,4);/q;;+1/p-1/t11-,15+;;/m0../s1. The van der Waals surface area contributed by atoms with Gasteiger partial charge < -0.3 is 0 Å². The summed E-state index contributed by atoms with van der Waals surface area (Å²) in [5.41, 5.74) is 2.51. The molecule has 2 atom stereocenters. The van der Waals surface area contributed by atoms with E-state index in [2.05, 4.69) is 36.4 Å². The fourth-order valence-electron chi connectivity index (χ4n) is 2.88. The van der Waals surface area contributed by atoms with Gasteiger partial charge in [-0.25, -0.2) is 0 Å². The van der Waals surface area contributed by atoms with Crippen LogP contribution in [0.5, 0.6) is 5.75 Å². The van der Waals surface area contributed by atoms with E-state index in [1.807, 2.05) is 18.2 Å². The molecule has 0 fully saturated rings. The maximum atomic E-state index is 11.0. The van der Waals surface area contributed by atoms with E-state index >= 15 is 0 Å². The van der Waals surface area contributed by atoms with Crippen molar-refractivity contribution in [3.63, 3.8) is 0 Å². The van der Waals surface area contributed by atoms with E-state index in [9.17, 15) is 4.79 Å². The van der Waals surface area contributed by atoms with Crippen LogP contribution in [-0.4, -0.2) is 12.1 Å². The molecule has 0 aromatic heterocycles. The van der Waals surface area contributed by atoms with E-state index in [1.54, 1.807) is 0 Å². The second-order valence-corrected chi connectivity index (χ2v) is 10.2. The first kappa shape index (κ1) is 14.6. The first-order valence-corrected chi connectivity index (χ1v) is 13.3. The van der Waals surface area contributed by atoms with Gasteiger partial charge in [-0.1, -0.05) is 0 Å². The van der Waals surface area contributed by atoms with Gasteiger partial charge in [0.05, 0.1) is 0 Å². The van der Waals surface area contributed by atoms with E-state index in [0.29, 0.717) is 0 Å². The quantitative estimate of drug-likeness (QED) is 0.644. The second kappa shape index (κ2) is 6.61. The predicted octanol–water partition coefficient (Wildman–Crippen LogP) is 3.56. The van der Waals surface area contributed by atoms with Crippen LogP contribution >= 0.6 is 0 Å². The third-order valence-electron chi connectivity index (χ3n) is 3.77. The number of carbonyl (C=O) groups excluding carboxylic acids is 1. The van der Waals surface area contributed by atoms with Crippen LogP contribution in [0, 0.1) is 0 Å². The van der Waals surface area contributed by atoms with Gasteiger partial charge in [0.1, 0.15) is 0 Å². The Balaban J connectivity index is 1.85. The van der Waals surface area contributed by atoms with Gasteiger partial charge in [-0.2, -0.15) is 0 Å². The van der Waals surface area contributed by atoms with Crippen molar-refractivity contribution in [2.24, 2.45) is 0 Å². The predicted molar refractivity (Wildman–Crippen MR) is 75.7 cm³/mol. The number of fused-ring (bicyclic) bond motifs is 1. The summed E-state index contributed by atoms with van der Waals surface area (Å²) in [5.74, 6) is 1.06. The summed E-state index contributed by atoms with van der Waals surface area (Å²) >= 11 is -1.66. The van der Waals surface area contributed by atoms with Gasteiger partial charge in [-0.15, -0.1) is 0 Å². The molecule has 0 saturated carbocycles. The van der Waals surface area contributed by atoms with Gasteiger partial charge in [0, 0.05) is 0 Å². The minimum atomic E-state index is -1.66. The molecule has 1 aliphatic heterocycles. The molecule has 2 aromatic carbocycles. The van der Waals surface area contributed by atoms with Crippen molar-refractivity contribution >= 4 is 5.97 Å². The zero-order valence-corrected chi connectivity index (χ0v) is 17.5. The van der Waals surface area contributed by atoms with Crippen LogP contribution in [0.3, 0.4) is 0 Å². The van der Waals surface area contributed by atoms with Crippen LogP contribution in [0.15, 0.2) is 54.6 Å². The molecule has 2 aromatic rings. The molecule has 0 aliphatic carbocycles. The zero-order valence-electron chi connectivity index (χ0n) is 12.0. The Labute approximate surface area is 137 Å². The molecule has 0 spiro atoms. The molecule has 3 nitrogen and oxygen atoms in total. The Hall–Kier alpha value is -1.35. The normalized spacial score (nSPS) is 19.3. The first-order chi connectivity index (χ1) is 10.3.